The number of hydrogen-bond donors (Lipinski definition) is 2. The Balaban J connectivity index is 4.84. The van der Waals surface area contributed by atoms with E-state index >= 15 is 0 Å². The average Bonchev–Trinajstić information content (AvgIpc) is 2.40. The molecule has 19 heavy (non-hydrogen) atoms. The van der Waals surface area contributed by atoms with E-state index < -0.39 is 8.80 Å². The van der Waals surface area contributed by atoms with Crippen LogP contribution in [0.4, 0.5) is 0 Å². The summed E-state index contributed by atoms with van der Waals surface area (Å²) < 4.78 is 18.1. The topological polar surface area (TPSA) is 79.7 Å². The molecule has 4 N–H and O–H groups in total. The summed E-state index contributed by atoms with van der Waals surface area (Å²) in [5.74, 6) is 0. The first kappa shape index (κ1) is 19.0. The molecule has 2 unspecified atom stereocenters. The third kappa shape index (κ3) is 6.83. The van der Waals surface area contributed by atoms with E-state index in [2.05, 4.69) is 20.8 Å². The predicted molar refractivity (Wildman–Crippen MR) is 80.7 cm³/mol. The Hall–Kier alpha value is 0.0169. The average molecular weight is 292 g/mol. The van der Waals surface area contributed by atoms with Crippen molar-refractivity contribution in [2.45, 2.75) is 65.1 Å². The van der Waals surface area contributed by atoms with Crippen LogP contribution >= 0.6 is 0 Å². The molecule has 0 aromatic rings. The molecule has 2 atom stereocenters. The Morgan fingerprint density at radius 2 is 1.58 bits per heavy atom. The summed E-state index contributed by atoms with van der Waals surface area (Å²) in [6, 6.07) is 0. The summed E-state index contributed by atoms with van der Waals surface area (Å²) in [4.78, 5) is 0. The van der Waals surface area contributed by atoms with E-state index in [4.69, 9.17) is 24.7 Å². The normalized spacial score (nSPS) is 15.5. The molecule has 5 nitrogen and oxygen atoms in total. The van der Waals surface area contributed by atoms with Crippen LogP contribution in [0.3, 0.4) is 0 Å². The summed E-state index contributed by atoms with van der Waals surface area (Å²) in [5, 5.41) is 0. The third-order valence-electron chi connectivity index (χ3n) is 2.85. The molecule has 0 radical (unpaired) electrons. The van der Waals surface area contributed by atoms with E-state index in [1.54, 1.807) is 0 Å². The van der Waals surface area contributed by atoms with Gasteiger partial charge in [-0.1, -0.05) is 20.8 Å². The van der Waals surface area contributed by atoms with Gasteiger partial charge in [0.1, 0.15) is 0 Å². The van der Waals surface area contributed by atoms with Crippen molar-refractivity contribution in [1.29, 1.82) is 0 Å². The van der Waals surface area contributed by atoms with Crippen LogP contribution < -0.4 is 11.5 Å². The van der Waals surface area contributed by atoms with Gasteiger partial charge in [-0.15, -0.1) is 0 Å². The Kier molecular flexibility index (Phi) is 10.8. The van der Waals surface area contributed by atoms with Gasteiger partial charge < -0.3 is 24.7 Å². The maximum Gasteiger partial charge on any atom is 0.518 e. The van der Waals surface area contributed by atoms with E-state index in [9.17, 15) is 0 Å². The van der Waals surface area contributed by atoms with Crippen molar-refractivity contribution in [2.24, 2.45) is 11.5 Å². The predicted octanol–water partition coefficient (Wildman–Crippen LogP) is 1.81. The van der Waals surface area contributed by atoms with Crippen molar-refractivity contribution in [3.8, 4) is 0 Å². The molecule has 0 aromatic heterocycles. The van der Waals surface area contributed by atoms with Gasteiger partial charge in [-0.3, -0.25) is 0 Å². The number of nitrogens with two attached hydrogens (primary N) is 2. The van der Waals surface area contributed by atoms with Crippen molar-refractivity contribution in [2.75, 3.05) is 19.8 Å². The van der Waals surface area contributed by atoms with Gasteiger partial charge in [-0.25, -0.2) is 0 Å². The lowest BCUT2D eigenvalue weighted by molar-refractivity contribution is 0.0171. The highest BCUT2D eigenvalue weighted by Crippen LogP contribution is 2.19. The second-order valence-corrected chi connectivity index (χ2v) is 7.75. The van der Waals surface area contributed by atoms with Crippen LogP contribution in [0.5, 0.6) is 0 Å². The zero-order valence-corrected chi connectivity index (χ0v) is 14.0. The van der Waals surface area contributed by atoms with Crippen LogP contribution in [0.2, 0.25) is 0 Å². The van der Waals surface area contributed by atoms with Crippen molar-refractivity contribution < 1.29 is 13.3 Å². The minimum atomic E-state index is -2.81. The highest BCUT2D eigenvalue weighted by Gasteiger charge is 2.47. The van der Waals surface area contributed by atoms with Gasteiger partial charge in [-0.2, -0.15) is 0 Å². The monoisotopic (exact) mass is 292 g/mol. The van der Waals surface area contributed by atoms with Gasteiger partial charge in [-0.05, 0) is 39.2 Å². The van der Waals surface area contributed by atoms with Crippen LogP contribution in [0.1, 0.15) is 53.4 Å². The molecule has 0 saturated heterocycles. The van der Waals surface area contributed by atoms with Crippen LogP contribution in [0.25, 0.3) is 0 Å². The van der Waals surface area contributed by atoms with Gasteiger partial charge in [0, 0.05) is 13.2 Å². The SMILES string of the molecule is CCCO[Si](OCCC)(OC(CC)CCN)C(C)N. The minimum absolute atomic E-state index is 0.0661. The molecule has 0 spiro atoms. The van der Waals surface area contributed by atoms with E-state index in [1.165, 1.54) is 0 Å². The second-order valence-electron chi connectivity index (χ2n) is 4.81. The third-order valence-corrected chi connectivity index (χ3v) is 5.84. The lowest BCUT2D eigenvalue weighted by Crippen LogP contribution is -2.60. The summed E-state index contributed by atoms with van der Waals surface area (Å²) >= 11 is 0. The molecular formula is C13H32N2O3Si. The van der Waals surface area contributed by atoms with Crippen LogP contribution in [0, 0.1) is 0 Å². The fourth-order valence-electron chi connectivity index (χ4n) is 1.73. The highest BCUT2D eigenvalue weighted by atomic mass is 28.4. The largest absolute Gasteiger partial charge is 0.518 e. The summed E-state index contributed by atoms with van der Waals surface area (Å²) in [6.07, 6.45) is 3.62. The van der Waals surface area contributed by atoms with Crippen molar-refractivity contribution in [3.63, 3.8) is 0 Å². The Morgan fingerprint density at radius 1 is 1.05 bits per heavy atom. The summed E-state index contributed by atoms with van der Waals surface area (Å²) in [5.41, 5.74) is 11.5. The standard InChI is InChI=1S/C13H32N2O3Si/c1-5-10-16-19(12(4)15,17-11-6-2)18-13(7-3)8-9-14/h12-13H,5-11,14-15H2,1-4H3. The smallest absolute Gasteiger partial charge is 0.373 e. The minimum Gasteiger partial charge on any atom is -0.373 e. The molecule has 0 rings (SSSR count). The lowest BCUT2D eigenvalue weighted by atomic mass is 10.2. The molecular weight excluding hydrogens is 260 g/mol. The summed E-state index contributed by atoms with van der Waals surface area (Å²) in [6.45, 7) is 9.97. The van der Waals surface area contributed by atoms with Crippen LogP contribution in [-0.2, 0) is 13.3 Å². The highest BCUT2D eigenvalue weighted by molar-refractivity contribution is 6.62. The molecule has 0 bridgehead atoms. The zero-order valence-electron chi connectivity index (χ0n) is 13.0. The number of rotatable bonds is 12. The number of hydrogen-bond acceptors (Lipinski definition) is 5. The molecule has 116 valence electrons. The fraction of sp³-hybridized carbons (Fsp3) is 1.00. The molecule has 0 amide bonds. The van der Waals surface area contributed by atoms with Gasteiger partial charge in [0.25, 0.3) is 0 Å². The Morgan fingerprint density at radius 3 is 1.89 bits per heavy atom. The molecule has 6 heteroatoms. The first-order valence-electron chi connectivity index (χ1n) is 7.47. The fourth-order valence-corrected chi connectivity index (χ4v) is 4.42. The molecule has 0 heterocycles. The van der Waals surface area contributed by atoms with Crippen molar-refractivity contribution in [3.05, 3.63) is 0 Å². The second kappa shape index (κ2) is 10.8. The quantitative estimate of drug-likeness (QED) is 0.536. The molecule has 0 aliphatic rings. The lowest BCUT2D eigenvalue weighted by Gasteiger charge is -2.35. The van der Waals surface area contributed by atoms with E-state index in [-0.39, 0.29) is 11.8 Å². The van der Waals surface area contributed by atoms with Crippen LogP contribution in [-0.4, -0.2) is 40.3 Å². The first-order valence-corrected chi connectivity index (χ1v) is 9.27. The van der Waals surface area contributed by atoms with E-state index in [1.807, 2.05) is 6.92 Å². The molecule has 0 saturated carbocycles. The Labute approximate surface area is 119 Å². The summed E-state index contributed by atoms with van der Waals surface area (Å²) in [7, 11) is -2.81. The Bertz CT molecular complexity index is 210. The molecule has 0 aliphatic heterocycles. The maximum atomic E-state index is 6.18. The van der Waals surface area contributed by atoms with E-state index in [0.29, 0.717) is 19.8 Å². The van der Waals surface area contributed by atoms with Gasteiger partial charge in [0.2, 0.25) is 0 Å². The maximum absolute atomic E-state index is 6.18. The molecule has 0 aliphatic carbocycles. The van der Waals surface area contributed by atoms with Gasteiger partial charge >= 0.3 is 8.80 Å². The first-order chi connectivity index (χ1) is 9.06. The van der Waals surface area contributed by atoms with Crippen LogP contribution in [0.15, 0.2) is 0 Å². The van der Waals surface area contributed by atoms with Gasteiger partial charge in [0.15, 0.2) is 0 Å². The molecule has 0 fully saturated rings. The van der Waals surface area contributed by atoms with Gasteiger partial charge in [0.05, 0.1) is 11.8 Å². The van der Waals surface area contributed by atoms with Crippen molar-refractivity contribution >= 4 is 8.80 Å². The van der Waals surface area contributed by atoms with E-state index in [0.717, 1.165) is 25.7 Å². The zero-order chi connectivity index (χ0) is 14.7. The van der Waals surface area contributed by atoms with Crippen molar-refractivity contribution in [1.82, 2.24) is 0 Å². The molecule has 0 aromatic carbocycles.